The number of hydrogen-bond acceptors (Lipinski definition) is 3. The highest BCUT2D eigenvalue weighted by Gasteiger charge is 2.19. The largest absolute Gasteiger partial charge is 0.357 e. The van der Waals surface area contributed by atoms with E-state index in [2.05, 4.69) is 65.4 Å². The van der Waals surface area contributed by atoms with Gasteiger partial charge in [-0.2, -0.15) is 0 Å². The number of nitrogens with zero attached hydrogens (tertiary/aromatic N) is 2. The normalized spacial score (nSPS) is 16.0. The van der Waals surface area contributed by atoms with Gasteiger partial charge >= 0.3 is 0 Å². The van der Waals surface area contributed by atoms with Crippen LogP contribution in [0.1, 0.15) is 43.7 Å². The Kier molecular flexibility index (Phi) is 5.29. The van der Waals surface area contributed by atoms with E-state index in [-0.39, 0.29) is 0 Å². The first-order valence-electron chi connectivity index (χ1n) is 8.70. The molecule has 1 aliphatic rings. The van der Waals surface area contributed by atoms with Crippen LogP contribution in [0.15, 0.2) is 48.7 Å². The van der Waals surface area contributed by atoms with Crippen LogP contribution in [0, 0.1) is 0 Å². The topological polar surface area (TPSA) is 28.2 Å². The Bertz CT molecular complexity index is 584. The fourth-order valence-corrected chi connectivity index (χ4v) is 3.14. The highest BCUT2D eigenvalue weighted by Crippen LogP contribution is 2.18. The number of benzene rings is 1. The number of nitrogens with one attached hydrogen (secondary N) is 1. The number of rotatable bonds is 5. The van der Waals surface area contributed by atoms with E-state index in [0.29, 0.717) is 12.0 Å². The molecule has 0 amide bonds. The van der Waals surface area contributed by atoms with Crippen LogP contribution in [-0.2, 0) is 6.54 Å². The van der Waals surface area contributed by atoms with Crippen LogP contribution in [0.3, 0.4) is 0 Å². The lowest BCUT2D eigenvalue weighted by atomic mass is 10.0. The summed E-state index contributed by atoms with van der Waals surface area (Å²) in [7, 11) is 0. The minimum absolute atomic E-state index is 0.605. The van der Waals surface area contributed by atoms with E-state index in [9.17, 15) is 0 Å². The van der Waals surface area contributed by atoms with Crippen LogP contribution in [0.2, 0.25) is 0 Å². The minimum atomic E-state index is 0.605. The van der Waals surface area contributed by atoms with Gasteiger partial charge in [-0.15, -0.1) is 0 Å². The van der Waals surface area contributed by atoms with E-state index in [4.69, 9.17) is 0 Å². The molecule has 0 atom stereocenters. The molecule has 2 aromatic rings. The average Bonchev–Trinajstić information content (AvgIpc) is 2.61. The number of pyridine rings is 1. The molecule has 0 saturated carbocycles. The van der Waals surface area contributed by atoms with Gasteiger partial charge in [0, 0.05) is 31.9 Å². The van der Waals surface area contributed by atoms with Crippen molar-refractivity contribution in [2.45, 2.75) is 45.2 Å². The summed E-state index contributed by atoms with van der Waals surface area (Å²) in [6, 6.07) is 15.8. The van der Waals surface area contributed by atoms with E-state index >= 15 is 0 Å². The molecule has 1 aromatic heterocycles. The Labute approximate surface area is 139 Å². The molecule has 2 heterocycles. The third-order valence-corrected chi connectivity index (χ3v) is 4.71. The lowest BCUT2D eigenvalue weighted by molar-refractivity contribution is 0.413. The summed E-state index contributed by atoms with van der Waals surface area (Å²) in [6.07, 6.45) is 4.24. The predicted octanol–water partition coefficient (Wildman–Crippen LogP) is 3.96. The van der Waals surface area contributed by atoms with E-state index in [1.54, 1.807) is 0 Å². The maximum Gasteiger partial charge on any atom is 0.128 e. The molecule has 1 aromatic carbocycles. The van der Waals surface area contributed by atoms with Crippen molar-refractivity contribution < 1.29 is 0 Å². The van der Waals surface area contributed by atoms with E-state index < -0.39 is 0 Å². The monoisotopic (exact) mass is 309 g/mol. The van der Waals surface area contributed by atoms with Crippen molar-refractivity contribution in [2.75, 3.05) is 18.0 Å². The van der Waals surface area contributed by atoms with Gasteiger partial charge in [-0.1, -0.05) is 44.2 Å². The third-order valence-electron chi connectivity index (χ3n) is 4.71. The van der Waals surface area contributed by atoms with E-state index in [1.165, 1.54) is 24.0 Å². The van der Waals surface area contributed by atoms with E-state index in [0.717, 1.165) is 25.5 Å². The first kappa shape index (κ1) is 16.0. The smallest absolute Gasteiger partial charge is 0.128 e. The van der Waals surface area contributed by atoms with Gasteiger partial charge in [0.25, 0.3) is 0 Å². The van der Waals surface area contributed by atoms with Crippen molar-refractivity contribution in [3.63, 3.8) is 0 Å². The Morgan fingerprint density at radius 3 is 2.43 bits per heavy atom. The van der Waals surface area contributed by atoms with Crippen molar-refractivity contribution in [1.29, 1.82) is 0 Å². The van der Waals surface area contributed by atoms with Crippen molar-refractivity contribution in [3.05, 3.63) is 59.8 Å². The van der Waals surface area contributed by atoms with Crippen LogP contribution in [0.25, 0.3) is 0 Å². The highest BCUT2D eigenvalue weighted by molar-refractivity contribution is 5.38. The molecule has 0 spiro atoms. The lowest BCUT2D eigenvalue weighted by Crippen LogP contribution is -2.42. The molecular weight excluding hydrogens is 282 g/mol. The molecule has 0 aliphatic carbocycles. The summed E-state index contributed by atoms with van der Waals surface area (Å²) in [5.41, 5.74) is 2.79. The molecule has 0 radical (unpaired) electrons. The van der Waals surface area contributed by atoms with Gasteiger partial charge in [0.05, 0.1) is 0 Å². The third kappa shape index (κ3) is 4.32. The van der Waals surface area contributed by atoms with Crippen LogP contribution < -0.4 is 10.2 Å². The molecule has 3 rings (SSSR count). The quantitative estimate of drug-likeness (QED) is 0.906. The molecule has 1 fully saturated rings. The predicted molar refractivity (Wildman–Crippen MR) is 96.8 cm³/mol. The molecule has 1 saturated heterocycles. The SMILES string of the molecule is CC(C)c1ccc(CNC2CCN(c3ccccn3)CC2)cc1. The van der Waals surface area contributed by atoms with Gasteiger partial charge in [-0.05, 0) is 42.0 Å². The van der Waals surface area contributed by atoms with E-state index in [1.807, 2.05) is 12.3 Å². The van der Waals surface area contributed by atoms with Crippen molar-refractivity contribution in [1.82, 2.24) is 10.3 Å². The first-order chi connectivity index (χ1) is 11.2. The number of hydrogen-bond donors (Lipinski definition) is 1. The number of aromatic nitrogens is 1. The van der Waals surface area contributed by atoms with Crippen molar-refractivity contribution >= 4 is 5.82 Å². The summed E-state index contributed by atoms with van der Waals surface area (Å²) in [5.74, 6) is 1.71. The highest BCUT2D eigenvalue weighted by atomic mass is 15.2. The Morgan fingerprint density at radius 2 is 1.83 bits per heavy atom. The molecular formula is C20H27N3. The summed E-state index contributed by atoms with van der Waals surface area (Å²) in [6.45, 7) is 7.61. The van der Waals surface area contributed by atoms with Gasteiger partial charge in [-0.3, -0.25) is 0 Å². The van der Waals surface area contributed by atoms with Crippen molar-refractivity contribution in [3.8, 4) is 0 Å². The minimum Gasteiger partial charge on any atom is -0.357 e. The summed E-state index contributed by atoms with van der Waals surface area (Å²) in [4.78, 5) is 6.83. The van der Waals surface area contributed by atoms with Crippen molar-refractivity contribution in [2.24, 2.45) is 0 Å². The molecule has 1 aliphatic heterocycles. The second-order valence-electron chi connectivity index (χ2n) is 6.73. The number of anilines is 1. The van der Waals surface area contributed by atoms with Gasteiger partial charge < -0.3 is 10.2 Å². The molecule has 122 valence electrons. The van der Waals surface area contributed by atoms with Gasteiger partial charge in [0.15, 0.2) is 0 Å². The molecule has 1 N–H and O–H groups in total. The fourth-order valence-electron chi connectivity index (χ4n) is 3.14. The maximum atomic E-state index is 4.45. The van der Waals surface area contributed by atoms with Gasteiger partial charge in [-0.25, -0.2) is 4.98 Å². The van der Waals surface area contributed by atoms with Crippen LogP contribution in [0.5, 0.6) is 0 Å². The standard InChI is InChI=1S/C20H27N3/c1-16(2)18-8-6-17(7-9-18)15-22-19-10-13-23(14-11-19)20-5-3-4-12-21-20/h3-9,12,16,19,22H,10-11,13-15H2,1-2H3. The number of piperidine rings is 1. The van der Waals surface area contributed by atoms with Crippen LogP contribution in [-0.4, -0.2) is 24.1 Å². The second-order valence-corrected chi connectivity index (χ2v) is 6.73. The molecule has 0 bridgehead atoms. The summed E-state index contributed by atoms with van der Waals surface area (Å²) in [5, 5.41) is 3.71. The second kappa shape index (κ2) is 7.60. The zero-order valence-corrected chi connectivity index (χ0v) is 14.2. The maximum absolute atomic E-state index is 4.45. The molecule has 3 heteroatoms. The Morgan fingerprint density at radius 1 is 1.09 bits per heavy atom. The molecule has 0 unspecified atom stereocenters. The Hall–Kier alpha value is -1.87. The zero-order valence-electron chi connectivity index (χ0n) is 14.2. The lowest BCUT2D eigenvalue weighted by Gasteiger charge is -2.33. The van der Waals surface area contributed by atoms with Gasteiger partial charge in [0.2, 0.25) is 0 Å². The summed E-state index contributed by atoms with van der Waals surface area (Å²) >= 11 is 0. The first-order valence-corrected chi connectivity index (χ1v) is 8.70. The average molecular weight is 309 g/mol. The van der Waals surface area contributed by atoms with Crippen LogP contribution in [0.4, 0.5) is 5.82 Å². The molecule has 3 nitrogen and oxygen atoms in total. The Balaban J connectivity index is 1.46. The zero-order chi connectivity index (χ0) is 16.1. The van der Waals surface area contributed by atoms with Gasteiger partial charge in [0.1, 0.15) is 5.82 Å². The molecule has 23 heavy (non-hydrogen) atoms. The fraction of sp³-hybridized carbons (Fsp3) is 0.450. The van der Waals surface area contributed by atoms with Crippen LogP contribution >= 0.6 is 0 Å². The summed E-state index contributed by atoms with van der Waals surface area (Å²) < 4.78 is 0.